The highest BCUT2D eigenvalue weighted by atomic mass is 79.9. The second-order valence-electron chi connectivity index (χ2n) is 4.13. The Kier molecular flexibility index (Phi) is 5.42. The summed E-state index contributed by atoms with van der Waals surface area (Å²) in [7, 11) is 0. The van der Waals surface area contributed by atoms with Crippen LogP contribution in [0.3, 0.4) is 0 Å². The van der Waals surface area contributed by atoms with Crippen LogP contribution in [0.2, 0.25) is 0 Å². The third-order valence-corrected chi connectivity index (χ3v) is 4.85. The molecule has 0 aliphatic rings. The van der Waals surface area contributed by atoms with Crippen molar-refractivity contribution in [1.82, 2.24) is 5.32 Å². The molecule has 1 aromatic carbocycles. The molecule has 1 unspecified atom stereocenters. The number of hydrogen-bond donors (Lipinski definition) is 1. The van der Waals surface area contributed by atoms with Crippen LogP contribution in [-0.2, 0) is 6.42 Å². The summed E-state index contributed by atoms with van der Waals surface area (Å²) in [6.45, 7) is 3.13. The van der Waals surface area contributed by atoms with E-state index in [1.54, 1.807) is 11.3 Å². The highest BCUT2D eigenvalue weighted by Gasteiger charge is 2.12. The lowest BCUT2D eigenvalue weighted by Crippen LogP contribution is -2.22. The highest BCUT2D eigenvalue weighted by Crippen LogP contribution is 2.27. The summed E-state index contributed by atoms with van der Waals surface area (Å²) >= 11 is 8.74. The normalized spacial score (nSPS) is 12.6. The maximum Gasteiger partial charge on any atom is 0.0701 e. The minimum atomic E-state index is 0.388. The molecular formula is C14H15Br2NS. The Balaban J connectivity index is 2.13. The first-order valence-electron chi connectivity index (χ1n) is 5.90. The molecular weight excluding hydrogens is 374 g/mol. The zero-order chi connectivity index (χ0) is 13.0. The van der Waals surface area contributed by atoms with E-state index in [2.05, 4.69) is 79.8 Å². The Labute approximate surface area is 129 Å². The molecule has 0 fully saturated rings. The molecule has 1 N–H and O–H groups in total. The van der Waals surface area contributed by atoms with E-state index in [-0.39, 0.29) is 0 Å². The van der Waals surface area contributed by atoms with Gasteiger partial charge in [0.05, 0.1) is 3.79 Å². The van der Waals surface area contributed by atoms with Gasteiger partial charge in [-0.25, -0.2) is 0 Å². The molecule has 0 saturated heterocycles. The van der Waals surface area contributed by atoms with Gasteiger partial charge in [-0.15, -0.1) is 11.3 Å². The molecule has 1 heterocycles. The fourth-order valence-electron chi connectivity index (χ4n) is 1.92. The van der Waals surface area contributed by atoms with Gasteiger partial charge in [-0.2, -0.15) is 0 Å². The van der Waals surface area contributed by atoms with E-state index in [4.69, 9.17) is 0 Å². The predicted molar refractivity (Wildman–Crippen MR) is 86.3 cm³/mol. The van der Waals surface area contributed by atoms with Crippen molar-refractivity contribution in [2.75, 3.05) is 6.54 Å². The van der Waals surface area contributed by atoms with Crippen LogP contribution in [0.4, 0.5) is 0 Å². The van der Waals surface area contributed by atoms with Gasteiger partial charge in [0.25, 0.3) is 0 Å². The minimum Gasteiger partial charge on any atom is -0.310 e. The van der Waals surface area contributed by atoms with E-state index in [0.717, 1.165) is 17.4 Å². The molecule has 0 amide bonds. The van der Waals surface area contributed by atoms with Crippen molar-refractivity contribution in [3.63, 3.8) is 0 Å². The molecule has 0 radical (unpaired) electrons. The molecule has 2 aromatic rings. The topological polar surface area (TPSA) is 12.0 Å². The Morgan fingerprint density at radius 2 is 1.94 bits per heavy atom. The molecule has 0 aliphatic heterocycles. The average Bonchev–Trinajstić information content (AvgIpc) is 2.78. The maximum absolute atomic E-state index is 3.55. The highest BCUT2D eigenvalue weighted by molar-refractivity contribution is 9.11. The second-order valence-corrected chi connectivity index (χ2v) is 7.33. The SMILES string of the molecule is CCNC(Cc1ccc(Br)cc1)c1csc(Br)c1. The summed E-state index contributed by atoms with van der Waals surface area (Å²) in [6.07, 6.45) is 1.02. The van der Waals surface area contributed by atoms with Gasteiger partial charge in [0, 0.05) is 10.5 Å². The third-order valence-electron chi connectivity index (χ3n) is 2.79. The van der Waals surface area contributed by atoms with Crippen LogP contribution in [0.5, 0.6) is 0 Å². The molecule has 18 heavy (non-hydrogen) atoms. The lowest BCUT2D eigenvalue weighted by atomic mass is 10.0. The van der Waals surface area contributed by atoms with Gasteiger partial charge < -0.3 is 5.32 Å². The zero-order valence-corrected chi connectivity index (χ0v) is 14.1. The Bertz CT molecular complexity index is 493. The van der Waals surface area contributed by atoms with E-state index in [9.17, 15) is 0 Å². The van der Waals surface area contributed by atoms with Gasteiger partial charge in [-0.1, -0.05) is 35.0 Å². The van der Waals surface area contributed by atoms with Crippen molar-refractivity contribution < 1.29 is 0 Å². The van der Waals surface area contributed by atoms with Crippen molar-refractivity contribution >= 4 is 43.2 Å². The maximum atomic E-state index is 3.55. The number of benzene rings is 1. The number of thiophene rings is 1. The van der Waals surface area contributed by atoms with Gasteiger partial charge in [0.1, 0.15) is 0 Å². The number of halogens is 2. The molecule has 4 heteroatoms. The lowest BCUT2D eigenvalue weighted by Gasteiger charge is -2.17. The quantitative estimate of drug-likeness (QED) is 0.745. The molecule has 0 aliphatic carbocycles. The lowest BCUT2D eigenvalue weighted by molar-refractivity contribution is 0.551. The summed E-state index contributed by atoms with van der Waals surface area (Å²) in [5.41, 5.74) is 2.71. The van der Waals surface area contributed by atoms with Crippen molar-refractivity contribution in [1.29, 1.82) is 0 Å². The fourth-order valence-corrected chi connectivity index (χ4v) is 3.41. The minimum absolute atomic E-state index is 0.388. The molecule has 1 aromatic heterocycles. The van der Waals surface area contributed by atoms with Crippen LogP contribution < -0.4 is 5.32 Å². The molecule has 0 spiro atoms. The van der Waals surface area contributed by atoms with Crippen molar-refractivity contribution in [2.45, 2.75) is 19.4 Å². The summed E-state index contributed by atoms with van der Waals surface area (Å²) < 4.78 is 2.32. The first-order chi connectivity index (χ1) is 8.69. The Hall–Kier alpha value is -0.160. The average molecular weight is 389 g/mol. The number of likely N-dealkylation sites (N-methyl/N-ethyl adjacent to an activating group) is 1. The van der Waals surface area contributed by atoms with Crippen LogP contribution in [0, 0.1) is 0 Å². The van der Waals surface area contributed by atoms with Crippen LogP contribution in [0.25, 0.3) is 0 Å². The van der Waals surface area contributed by atoms with Crippen molar-refractivity contribution in [3.05, 3.63) is 55.1 Å². The van der Waals surface area contributed by atoms with Crippen molar-refractivity contribution in [3.8, 4) is 0 Å². The molecule has 96 valence electrons. The summed E-state index contributed by atoms with van der Waals surface area (Å²) in [5, 5.41) is 5.77. The molecule has 1 atom stereocenters. The Morgan fingerprint density at radius 1 is 1.22 bits per heavy atom. The third kappa shape index (κ3) is 3.92. The predicted octanol–water partition coefficient (Wildman–Crippen LogP) is 5.17. The second kappa shape index (κ2) is 6.85. The smallest absolute Gasteiger partial charge is 0.0701 e. The van der Waals surface area contributed by atoms with Crippen LogP contribution in [-0.4, -0.2) is 6.54 Å². The summed E-state index contributed by atoms with van der Waals surface area (Å²) in [4.78, 5) is 0. The van der Waals surface area contributed by atoms with Gasteiger partial charge in [0.15, 0.2) is 0 Å². The Morgan fingerprint density at radius 3 is 2.50 bits per heavy atom. The van der Waals surface area contributed by atoms with E-state index in [0.29, 0.717) is 6.04 Å². The van der Waals surface area contributed by atoms with E-state index in [1.807, 2.05) is 0 Å². The first-order valence-corrected chi connectivity index (χ1v) is 8.37. The number of rotatable bonds is 5. The summed E-state index contributed by atoms with van der Waals surface area (Å²) in [5.74, 6) is 0. The van der Waals surface area contributed by atoms with Gasteiger partial charge >= 0.3 is 0 Å². The van der Waals surface area contributed by atoms with Gasteiger partial charge in [0.2, 0.25) is 0 Å². The monoisotopic (exact) mass is 387 g/mol. The molecule has 0 bridgehead atoms. The van der Waals surface area contributed by atoms with Gasteiger partial charge in [-0.3, -0.25) is 0 Å². The summed E-state index contributed by atoms with van der Waals surface area (Å²) in [6, 6.07) is 11.1. The van der Waals surface area contributed by atoms with E-state index < -0.39 is 0 Å². The van der Waals surface area contributed by atoms with Crippen molar-refractivity contribution in [2.24, 2.45) is 0 Å². The standard InChI is InChI=1S/C14H15Br2NS/c1-2-17-13(11-8-14(16)18-9-11)7-10-3-5-12(15)6-4-10/h3-6,8-9,13,17H,2,7H2,1H3. The number of nitrogens with one attached hydrogen (secondary N) is 1. The molecule has 0 saturated carbocycles. The number of hydrogen-bond acceptors (Lipinski definition) is 2. The zero-order valence-electron chi connectivity index (χ0n) is 10.1. The molecule has 2 rings (SSSR count). The molecule has 1 nitrogen and oxygen atoms in total. The van der Waals surface area contributed by atoms with Gasteiger partial charge in [-0.05, 0) is 63.6 Å². The fraction of sp³-hybridized carbons (Fsp3) is 0.286. The largest absolute Gasteiger partial charge is 0.310 e. The van der Waals surface area contributed by atoms with E-state index >= 15 is 0 Å². The van der Waals surface area contributed by atoms with E-state index in [1.165, 1.54) is 14.9 Å². The first kappa shape index (κ1) is 14.3. The van der Waals surface area contributed by atoms with Crippen LogP contribution in [0.15, 0.2) is 44.0 Å². The van der Waals surface area contributed by atoms with Crippen LogP contribution >= 0.6 is 43.2 Å². The van der Waals surface area contributed by atoms with Crippen LogP contribution in [0.1, 0.15) is 24.1 Å².